The number of nitrogens with one attached hydrogen (secondary N) is 1. The van der Waals surface area contributed by atoms with Gasteiger partial charge in [0.1, 0.15) is 17.7 Å². The molecule has 1 aliphatic heterocycles. The van der Waals surface area contributed by atoms with Gasteiger partial charge in [0.05, 0.1) is 28.4 Å². The number of aromatic amines is 1. The number of aromatic nitrogens is 3. The molecule has 1 N–H and O–H groups in total. The first-order valence-electron chi connectivity index (χ1n) is 6.47. The molecule has 2 aromatic rings. The van der Waals surface area contributed by atoms with Gasteiger partial charge in [0.2, 0.25) is 0 Å². The van der Waals surface area contributed by atoms with Gasteiger partial charge in [-0.1, -0.05) is 11.6 Å². The number of fused-ring (bicyclic) bond motifs is 1. The highest BCUT2D eigenvalue weighted by atomic mass is 35.5. The third-order valence-electron chi connectivity index (χ3n) is 3.44. The van der Waals surface area contributed by atoms with E-state index in [1.165, 1.54) is 6.20 Å². The van der Waals surface area contributed by atoms with Crippen molar-refractivity contribution in [2.45, 2.75) is 19.9 Å². The molecule has 0 unspecified atom stereocenters. The lowest BCUT2D eigenvalue weighted by Crippen LogP contribution is -2.36. The fourth-order valence-electron chi connectivity index (χ4n) is 2.45. The van der Waals surface area contributed by atoms with Gasteiger partial charge in [-0.2, -0.15) is 5.26 Å². The molecule has 0 aromatic carbocycles. The zero-order valence-corrected chi connectivity index (χ0v) is 12.1. The van der Waals surface area contributed by atoms with E-state index in [9.17, 15) is 4.79 Å². The number of anilines is 1. The zero-order chi connectivity index (χ0) is 15.0. The Hall–Kier alpha value is -2.39. The van der Waals surface area contributed by atoms with E-state index >= 15 is 0 Å². The summed E-state index contributed by atoms with van der Waals surface area (Å²) in [6.45, 7) is 2.87. The van der Waals surface area contributed by atoms with Gasteiger partial charge < -0.3 is 9.88 Å². The summed E-state index contributed by atoms with van der Waals surface area (Å²) >= 11 is 6.18. The Labute approximate surface area is 126 Å². The average Bonchev–Trinajstić information content (AvgIpc) is 2.47. The average molecular weight is 302 g/mol. The summed E-state index contributed by atoms with van der Waals surface area (Å²) in [4.78, 5) is 25.3. The molecule has 0 aliphatic carbocycles. The molecule has 21 heavy (non-hydrogen) atoms. The van der Waals surface area contributed by atoms with Crippen molar-refractivity contribution in [2.75, 3.05) is 11.4 Å². The first-order chi connectivity index (χ1) is 10.1. The van der Waals surface area contributed by atoms with Gasteiger partial charge in [-0.3, -0.25) is 4.79 Å². The number of pyridine rings is 1. The second-order valence-electron chi connectivity index (χ2n) is 4.89. The van der Waals surface area contributed by atoms with Gasteiger partial charge in [0, 0.05) is 19.2 Å². The van der Waals surface area contributed by atoms with Crippen LogP contribution in [0.3, 0.4) is 0 Å². The number of nitriles is 1. The second kappa shape index (κ2) is 5.19. The summed E-state index contributed by atoms with van der Waals surface area (Å²) in [6, 6.07) is 3.58. The van der Waals surface area contributed by atoms with Crippen LogP contribution in [0.2, 0.25) is 5.02 Å². The summed E-state index contributed by atoms with van der Waals surface area (Å²) < 4.78 is 0. The van der Waals surface area contributed by atoms with E-state index in [-0.39, 0.29) is 5.56 Å². The highest BCUT2D eigenvalue weighted by molar-refractivity contribution is 6.33. The van der Waals surface area contributed by atoms with E-state index in [1.54, 1.807) is 13.0 Å². The number of halogens is 1. The van der Waals surface area contributed by atoms with Crippen molar-refractivity contribution in [3.63, 3.8) is 0 Å². The number of nitrogens with zero attached hydrogens (tertiary/aromatic N) is 4. The quantitative estimate of drug-likeness (QED) is 0.864. The summed E-state index contributed by atoms with van der Waals surface area (Å²) in [5.74, 6) is 1.21. The maximum Gasteiger partial charge on any atom is 0.256 e. The molecule has 3 rings (SSSR count). The third-order valence-corrected chi connectivity index (χ3v) is 3.72. The van der Waals surface area contributed by atoms with E-state index in [1.807, 2.05) is 11.0 Å². The van der Waals surface area contributed by atoms with Crippen LogP contribution in [-0.2, 0) is 13.0 Å². The summed E-state index contributed by atoms with van der Waals surface area (Å²) in [7, 11) is 0. The van der Waals surface area contributed by atoms with Crippen LogP contribution in [0.15, 0.2) is 17.1 Å². The van der Waals surface area contributed by atoms with Gasteiger partial charge >= 0.3 is 0 Å². The molecule has 0 fully saturated rings. The van der Waals surface area contributed by atoms with E-state index in [4.69, 9.17) is 16.9 Å². The third kappa shape index (κ3) is 2.48. The molecule has 0 radical (unpaired) electrons. The Bertz CT molecular complexity index is 808. The fraction of sp³-hybridized carbons (Fsp3) is 0.286. The van der Waals surface area contributed by atoms with Crippen LogP contribution in [-0.4, -0.2) is 21.5 Å². The first kappa shape index (κ1) is 13.6. The lowest BCUT2D eigenvalue weighted by atomic mass is 10.1. The molecule has 7 heteroatoms. The molecule has 3 heterocycles. The number of rotatable bonds is 1. The van der Waals surface area contributed by atoms with E-state index < -0.39 is 0 Å². The van der Waals surface area contributed by atoms with Gasteiger partial charge in [-0.05, 0) is 13.0 Å². The van der Waals surface area contributed by atoms with Crippen LogP contribution in [0.4, 0.5) is 5.82 Å². The molecule has 2 aromatic heterocycles. The number of hydrogen-bond acceptors (Lipinski definition) is 5. The van der Waals surface area contributed by atoms with Gasteiger partial charge in [0.15, 0.2) is 0 Å². The Morgan fingerprint density at radius 3 is 3.05 bits per heavy atom. The maximum atomic E-state index is 12.0. The molecular formula is C14H12ClN5O. The minimum Gasteiger partial charge on any atom is -0.350 e. The summed E-state index contributed by atoms with van der Waals surface area (Å²) in [5.41, 5.74) is 1.77. The smallest absolute Gasteiger partial charge is 0.256 e. The fourth-order valence-corrected chi connectivity index (χ4v) is 2.74. The van der Waals surface area contributed by atoms with Crippen molar-refractivity contribution in [1.82, 2.24) is 15.0 Å². The summed E-state index contributed by atoms with van der Waals surface area (Å²) in [5, 5.41) is 9.25. The first-order valence-corrected chi connectivity index (χ1v) is 6.85. The lowest BCUT2D eigenvalue weighted by molar-refractivity contribution is 0.684. The van der Waals surface area contributed by atoms with Gasteiger partial charge in [0.25, 0.3) is 5.56 Å². The predicted molar refractivity (Wildman–Crippen MR) is 78.3 cm³/mol. The van der Waals surface area contributed by atoms with Crippen molar-refractivity contribution in [3.8, 4) is 6.07 Å². The largest absolute Gasteiger partial charge is 0.350 e. The Morgan fingerprint density at radius 1 is 1.52 bits per heavy atom. The normalized spacial score (nSPS) is 13.7. The maximum absolute atomic E-state index is 12.0. The minimum atomic E-state index is -0.119. The topological polar surface area (TPSA) is 85.7 Å². The molecule has 0 spiro atoms. The van der Waals surface area contributed by atoms with Crippen LogP contribution >= 0.6 is 11.6 Å². The lowest BCUT2D eigenvalue weighted by Gasteiger charge is -2.29. The van der Waals surface area contributed by atoms with Crippen LogP contribution in [0, 0.1) is 18.3 Å². The van der Waals surface area contributed by atoms with Crippen molar-refractivity contribution in [2.24, 2.45) is 0 Å². The van der Waals surface area contributed by atoms with Crippen LogP contribution in [0.25, 0.3) is 0 Å². The Morgan fingerprint density at radius 2 is 2.33 bits per heavy atom. The molecule has 6 nitrogen and oxygen atoms in total. The standard InChI is InChI=1S/C14H12ClN5O/c1-8-18-12-2-3-20(7-10(12)14(21)19-8)13-11(15)4-9(5-16)6-17-13/h4,6H,2-3,7H2,1H3,(H,18,19,21). The van der Waals surface area contributed by atoms with Crippen LogP contribution < -0.4 is 10.5 Å². The number of hydrogen-bond donors (Lipinski definition) is 1. The monoisotopic (exact) mass is 301 g/mol. The molecule has 1 aliphatic rings. The summed E-state index contributed by atoms with van der Waals surface area (Å²) in [6.07, 6.45) is 2.15. The molecule has 0 atom stereocenters. The van der Waals surface area contributed by atoms with E-state index in [0.717, 1.165) is 5.69 Å². The van der Waals surface area contributed by atoms with Crippen molar-refractivity contribution in [3.05, 3.63) is 50.3 Å². The van der Waals surface area contributed by atoms with Crippen LogP contribution in [0.5, 0.6) is 0 Å². The molecule has 0 bridgehead atoms. The number of aryl methyl sites for hydroxylation is 1. The van der Waals surface area contributed by atoms with Crippen molar-refractivity contribution in [1.29, 1.82) is 5.26 Å². The van der Waals surface area contributed by atoms with E-state index in [2.05, 4.69) is 15.0 Å². The zero-order valence-electron chi connectivity index (χ0n) is 11.4. The molecule has 106 valence electrons. The Balaban J connectivity index is 1.97. The van der Waals surface area contributed by atoms with Crippen molar-refractivity contribution < 1.29 is 0 Å². The predicted octanol–water partition coefficient (Wildman–Crippen LogP) is 1.56. The molecule has 0 saturated carbocycles. The molecule has 0 saturated heterocycles. The second-order valence-corrected chi connectivity index (χ2v) is 5.30. The highest BCUT2D eigenvalue weighted by Crippen LogP contribution is 2.27. The van der Waals surface area contributed by atoms with E-state index in [0.29, 0.717) is 47.3 Å². The van der Waals surface area contributed by atoms with Gasteiger partial charge in [-0.25, -0.2) is 9.97 Å². The highest BCUT2D eigenvalue weighted by Gasteiger charge is 2.23. The molecule has 0 amide bonds. The van der Waals surface area contributed by atoms with Crippen molar-refractivity contribution >= 4 is 17.4 Å². The molecular weight excluding hydrogens is 290 g/mol. The minimum absolute atomic E-state index is 0.119. The number of H-pyrrole nitrogens is 1. The SMILES string of the molecule is Cc1nc2c(c(=O)[nH]1)CN(c1ncc(C#N)cc1Cl)CC2. The Kier molecular flexibility index (Phi) is 3.35. The van der Waals surface area contributed by atoms with Gasteiger partial charge in [-0.15, -0.1) is 0 Å². The van der Waals surface area contributed by atoms with Crippen LogP contribution in [0.1, 0.15) is 22.6 Å².